The van der Waals surface area contributed by atoms with E-state index in [0.717, 1.165) is 18.9 Å². The molecule has 0 aromatic heterocycles. The molecule has 2 aromatic carbocycles. The molecule has 2 bridgehead atoms. The van der Waals surface area contributed by atoms with E-state index in [2.05, 4.69) is 15.4 Å². The van der Waals surface area contributed by atoms with E-state index in [1.54, 1.807) is 0 Å². The Balaban J connectivity index is 1.55. The van der Waals surface area contributed by atoms with Gasteiger partial charge in [0.1, 0.15) is 0 Å². The van der Waals surface area contributed by atoms with Crippen LogP contribution in [0.5, 0.6) is 0 Å². The molecule has 2 amide bonds. The van der Waals surface area contributed by atoms with Crippen LogP contribution in [0, 0.1) is 29.3 Å². The van der Waals surface area contributed by atoms with Crippen LogP contribution >= 0.6 is 11.6 Å². The summed E-state index contributed by atoms with van der Waals surface area (Å²) in [4.78, 5) is 24.1. The van der Waals surface area contributed by atoms with Crippen LogP contribution in [0.25, 0.3) is 0 Å². The Hall–Kier alpha value is -2.79. The van der Waals surface area contributed by atoms with Gasteiger partial charge in [-0.3, -0.25) is 4.79 Å². The van der Waals surface area contributed by atoms with Gasteiger partial charge in [0.15, 0.2) is 27.3 Å². The number of carbonyl (C=O) groups is 2. The normalized spacial score (nSPS) is 23.6. The number of methoxy groups -OCH3 is 1. The van der Waals surface area contributed by atoms with Crippen molar-refractivity contribution < 1.29 is 35.9 Å². The number of alkyl carbamates (subject to hydrolysis) is 1. The maximum absolute atomic E-state index is 13.5. The van der Waals surface area contributed by atoms with Crippen LogP contribution in [0.3, 0.4) is 0 Å². The van der Waals surface area contributed by atoms with Crippen molar-refractivity contribution in [1.82, 2.24) is 5.32 Å². The predicted molar refractivity (Wildman–Crippen MR) is 121 cm³/mol. The molecule has 0 spiro atoms. The fourth-order valence-electron chi connectivity index (χ4n) is 5.03. The minimum absolute atomic E-state index is 0.0406. The van der Waals surface area contributed by atoms with E-state index in [1.165, 1.54) is 19.2 Å². The SMILES string of the molecule is COC(=O)N[C@@H]1C2CC[C@H]1C[C@H](S(=O)(=O)c1cc(C(=O)Nc3cc(F)c(F)c(F)c3)ccc1Cl)C2. The number of fused-ring (bicyclic) bond motifs is 2. The van der Waals surface area contributed by atoms with Crippen molar-refractivity contribution in [3.05, 3.63) is 58.4 Å². The van der Waals surface area contributed by atoms with E-state index in [4.69, 9.17) is 11.6 Å². The molecule has 0 heterocycles. The zero-order chi connectivity index (χ0) is 25.5. The molecule has 2 aromatic rings. The second-order valence-electron chi connectivity index (χ2n) is 8.75. The van der Waals surface area contributed by atoms with Crippen molar-refractivity contribution in [2.75, 3.05) is 12.4 Å². The molecule has 4 rings (SSSR count). The summed E-state index contributed by atoms with van der Waals surface area (Å²) in [5.41, 5.74) is -0.444. The lowest BCUT2D eigenvalue weighted by Crippen LogP contribution is -2.47. The van der Waals surface area contributed by atoms with Gasteiger partial charge in [-0.15, -0.1) is 0 Å². The molecule has 2 saturated carbocycles. The third-order valence-corrected chi connectivity index (χ3v) is 9.36. The summed E-state index contributed by atoms with van der Waals surface area (Å²) in [6.07, 6.45) is 1.61. The quantitative estimate of drug-likeness (QED) is 0.546. The molecule has 35 heavy (non-hydrogen) atoms. The predicted octanol–water partition coefficient (Wildman–Crippen LogP) is 4.70. The Kier molecular flexibility index (Phi) is 7.01. The number of anilines is 1. The first-order chi connectivity index (χ1) is 16.5. The number of rotatable bonds is 5. The van der Waals surface area contributed by atoms with Gasteiger partial charge in [0, 0.05) is 29.4 Å². The number of benzene rings is 2. The van der Waals surface area contributed by atoms with Crippen LogP contribution in [-0.4, -0.2) is 38.8 Å². The fourth-order valence-corrected chi connectivity index (χ4v) is 7.46. The zero-order valence-electron chi connectivity index (χ0n) is 18.5. The lowest BCUT2D eigenvalue weighted by atomic mass is 9.84. The van der Waals surface area contributed by atoms with Crippen molar-refractivity contribution >= 4 is 39.1 Å². The number of hydrogen-bond acceptors (Lipinski definition) is 5. The van der Waals surface area contributed by atoms with Gasteiger partial charge >= 0.3 is 6.09 Å². The van der Waals surface area contributed by atoms with Gasteiger partial charge in [-0.25, -0.2) is 26.4 Å². The van der Waals surface area contributed by atoms with Crippen LogP contribution in [0.15, 0.2) is 35.2 Å². The smallest absolute Gasteiger partial charge is 0.407 e. The summed E-state index contributed by atoms with van der Waals surface area (Å²) in [6, 6.07) is 4.70. The monoisotopic (exact) mass is 530 g/mol. The Morgan fingerprint density at radius 2 is 1.63 bits per heavy atom. The summed E-state index contributed by atoms with van der Waals surface area (Å²) < 4.78 is 71.8. The van der Waals surface area contributed by atoms with Gasteiger partial charge in [0.25, 0.3) is 5.91 Å². The van der Waals surface area contributed by atoms with Crippen molar-refractivity contribution in [2.24, 2.45) is 11.8 Å². The zero-order valence-corrected chi connectivity index (χ0v) is 20.1. The molecule has 2 fully saturated rings. The Labute approximate surface area is 204 Å². The molecule has 2 N–H and O–H groups in total. The van der Waals surface area contributed by atoms with Gasteiger partial charge in [0.05, 0.1) is 22.3 Å². The maximum atomic E-state index is 13.5. The molecule has 188 valence electrons. The fraction of sp³-hybridized carbons (Fsp3) is 0.391. The Morgan fingerprint density at radius 3 is 2.20 bits per heavy atom. The minimum atomic E-state index is -3.95. The van der Waals surface area contributed by atoms with E-state index in [1.807, 2.05) is 0 Å². The Morgan fingerprint density at radius 1 is 1.03 bits per heavy atom. The topological polar surface area (TPSA) is 102 Å². The summed E-state index contributed by atoms with van der Waals surface area (Å²) in [7, 11) is -2.68. The number of hydrogen-bond donors (Lipinski definition) is 2. The molecule has 0 aliphatic heterocycles. The number of nitrogens with one attached hydrogen (secondary N) is 2. The molecule has 0 saturated heterocycles. The van der Waals surface area contributed by atoms with Crippen LogP contribution in [0.1, 0.15) is 36.0 Å². The summed E-state index contributed by atoms with van der Waals surface area (Å²) in [5.74, 6) is -5.57. The highest BCUT2D eigenvalue weighted by molar-refractivity contribution is 7.92. The molecule has 1 unspecified atom stereocenters. The molecule has 2 aliphatic carbocycles. The molecular formula is C23H22ClF3N2O5S. The highest BCUT2D eigenvalue weighted by Crippen LogP contribution is 2.46. The third kappa shape index (κ3) is 4.97. The first-order valence-electron chi connectivity index (χ1n) is 10.8. The molecule has 2 aliphatic rings. The lowest BCUT2D eigenvalue weighted by molar-refractivity contribution is 0.102. The van der Waals surface area contributed by atoms with Crippen molar-refractivity contribution in [3.8, 4) is 0 Å². The summed E-state index contributed by atoms with van der Waals surface area (Å²) in [5, 5.41) is 4.20. The number of amides is 2. The maximum Gasteiger partial charge on any atom is 0.407 e. The highest BCUT2D eigenvalue weighted by atomic mass is 35.5. The summed E-state index contributed by atoms with van der Waals surface area (Å²) in [6.45, 7) is 0. The van der Waals surface area contributed by atoms with Crippen molar-refractivity contribution in [2.45, 2.75) is 41.9 Å². The van der Waals surface area contributed by atoms with Gasteiger partial charge < -0.3 is 15.4 Å². The molecule has 4 atom stereocenters. The summed E-state index contributed by atoms with van der Waals surface area (Å²) >= 11 is 6.20. The van der Waals surface area contributed by atoms with E-state index >= 15 is 0 Å². The standard InChI is InChI=1S/C23H22ClF3N2O5S/c1-34-23(31)29-21-11-2-3-12(21)7-15(6-11)35(32,33)19-8-13(4-5-16(19)24)22(30)28-14-9-17(25)20(27)18(26)10-14/h4-5,8-12,15,21H,2-3,6-7H2,1H3,(H,28,30)(H,29,31)/t11-,12?,15-,21-/m0/s1. The van der Waals surface area contributed by atoms with Gasteiger partial charge in [-0.05, 0) is 55.7 Å². The largest absolute Gasteiger partial charge is 0.453 e. The number of carbonyl (C=O) groups excluding carboxylic acids is 2. The van der Waals surface area contributed by atoms with Crippen molar-refractivity contribution in [3.63, 3.8) is 0 Å². The minimum Gasteiger partial charge on any atom is -0.453 e. The molecule has 12 heteroatoms. The Bertz CT molecular complexity index is 1250. The van der Waals surface area contributed by atoms with Crippen LogP contribution in [-0.2, 0) is 14.6 Å². The van der Waals surface area contributed by atoms with E-state index in [0.29, 0.717) is 25.0 Å². The van der Waals surface area contributed by atoms with Gasteiger partial charge in [-0.2, -0.15) is 0 Å². The molecular weight excluding hydrogens is 509 g/mol. The second-order valence-corrected chi connectivity index (χ2v) is 11.4. The number of sulfone groups is 1. The third-order valence-electron chi connectivity index (χ3n) is 6.71. The average molecular weight is 531 g/mol. The van der Waals surface area contributed by atoms with E-state index in [9.17, 15) is 31.2 Å². The highest BCUT2D eigenvalue weighted by Gasteiger charge is 2.47. The number of ether oxygens (including phenoxy) is 1. The lowest BCUT2D eigenvalue weighted by Gasteiger charge is -2.35. The van der Waals surface area contributed by atoms with Crippen LogP contribution in [0.4, 0.5) is 23.7 Å². The van der Waals surface area contributed by atoms with Crippen LogP contribution < -0.4 is 10.6 Å². The van der Waals surface area contributed by atoms with Gasteiger partial charge in [0.2, 0.25) is 0 Å². The average Bonchev–Trinajstić information content (AvgIpc) is 3.03. The van der Waals surface area contributed by atoms with E-state index < -0.39 is 44.5 Å². The molecule has 7 nitrogen and oxygen atoms in total. The first kappa shape index (κ1) is 25.3. The molecule has 0 radical (unpaired) electrons. The van der Waals surface area contributed by atoms with E-state index in [-0.39, 0.29) is 39.0 Å². The van der Waals surface area contributed by atoms with Gasteiger partial charge in [-0.1, -0.05) is 11.6 Å². The van der Waals surface area contributed by atoms with Crippen molar-refractivity contribution in [1.29, 1.82) is 0 Å². The van der Waals surface area contributed by atoms with Crippen LogP contribution in [0.2, 0.25) is 5.02 Å². The number of halogens is 4. The first-order valence-corrected chi connectivity index (χ1v) is 12.8. The second kappa shape index (κ2) is 9.69.